The number of hydrogen-bond donors (Lipinski definition) is 1. The summed E-state index contributed by atoms with van der Waals surface area (Å²) < 4.78 is 35.3. The quantitative estimate of drug-likeness (QED) is 0.0443. The van der Waals surface area contributed by atoms with Crippen molar-refractivity contribution in [2.45, 2.75) is 95.9 Å². The molecule has 0 bridgehead atoms. The summed E-state index contributed by atoms with van der Waals surface area (Å²) in [6.45, 7) is 35.8. The third kappa shape index (κ3) is 20.1. The fourth-order valence-electron chi connectivity index (χ4n) is 4.10. The van der Waals surface area contributed by atoms with Crippen LogP contribution >= 0.6 is 0 Å². The van der Waals surface area contributed by atoms with Gasteiger partial charge in [-0.1, -0.05) is 128 Å². The second-order valence-corrected chi connectivity index (χ2v) is 12.5. The lowest BCUT2D eigenvalue weighted by atomic mass is 10.0. The van der Waals surface area contributed by atoms with Gasteiger partial charge in [-0.3, -0.25) is 0 Å². The Morgan fingerprint density at radius 1 is 0.943 bits per heavy atom. The fourth-order valence-corrected chi connectivity index (χ4v) is 4.79. The summed E-state index contributed by atoms with van der Waals surface area (Å²) in [6.07, 6.45) is 25.8. The van der Waals surface area contributed by atoms with E-state index in [1.54, 1.807) is 32.3 Å². The molecule has 0 aliphatic heterocycles. The third-order valence-corrected chi connectivity index (χ3v) is 8.15. The second kappa shape index (κ2) is 30.8. The van der Waals surface area contributed by atoms with Crippen LogP contribution in [-0.4, -0.2) is 23.8 Å². The lowest BCUT2D eigenvalue weighted by Crippen LogP contribution is -2.23. The largest absolute Gasteiger partial charge is 0.493 e. The van der Waals surface area contributed by atoms with Crippen molar-refractivity contribution < 1.29 is 18.4 Å². The van der Waals surface area contributed by atoms with E-state index in [0.717, 1.165) is 23.1 Å². The van der Waals surface area contributed by atoms with E-state index >= 15 is 0 Å². The first kappa shape index (κ1) is 50.3. The number of nitrogens with one attached hydrogen (secondary N) is 1. The van der Waals surface area contributed by atoms with Crippen molar-refractivity contribution in [1.29, 1.82) is 0 Å². The molecule has 0 aromatic carbocycles. The number of methoxy groups -OCH3 is 1. The zero-order valence-corrected chi connectivity index (χ0v) is 35.6. The van der Waals surface area contributed by atoms with Gasteiger partial charge in [-0.25, -0.2) is 9.20 Å². The van der Waals surface area contributed by atoms with Crippen molar-refractivity contribution in [2.75, 3.05) is 13.7 Å². The van der Waals surface area contributed by atoms with E-state index in [4.69, 9.17) is 19.2 Å². The van der Waals surface area contributed by atoms with E-state index < -0.39 is 11.0 Å². The van der Waals surface area contributed by atoms with Crippen LogP contribution in [0, 0.1) is 17.8 Å². The van der Waals surface area contributed by atoms with Crippen LogP contribution in [-0.2, 0) is 25.2 Å². The van der Waals surface area contributed by atoms with Crippen molar-refractivity contribution in [3.05, 3.63) is 155 Å². The molecule has 0 fully saturated rings. The van der Waals surface area contributed by atoms with E-state index in [2.05, 4.69) is 57.1 Å². The van der Waals surface area contributed by atoms with Crippen LogP contribution in [0.25, 0.3) is 0 Å². The third-order valence-electron chi connectivity index (χ3n) is 7.05. The van der Waals surface area contributed by atoms with Gasteiger partial charge < -0.3 is 18.9 Å². The first-order valence-corrected chi connectivity index (χ1v) is 19.4. The number of hydrogen-bond acceptors (Lipinski definition) is 5. The molecule has 0 saturated carbocycles. The molecule has 0 rings (SSSR count). The zero-order chi connectivity index (χ0) is 40.8. The number of allylic oxidation sites excluding steroid dienone is 17. The van der Waals surface area contributed by atoms with Crippen LogP contribution < -0.4 is 4.72 Å². The summed E-state index contributed by atoms with van der Waals surface area (Å²) >= 11 is 0. The fraction of sp³-hybridized carbons (Fsp3) is 0.370. The van der Waals surface area contributed by atoms with Gasteiger partial charge in [-0.05, 0) is 101 Å². The van der Waals surface area contributed by atoms with E-state index in [0.29, 0.717) is 45.7 Å². The summed E-state index contributed by atoms with van der Waals surface area (Å²) in [5, 5.41) is 0. The highest BCUT2D eigenvalue weighted by molar-refractivity contribution is 7.87. The van der Waals surface area contributed by atoms with Crippen molar-refractivity contribution in [3.63, 3.8) is 0 Å². The predicted molar refractivity (Wildman–Crippen MR) is 233 cm³/mol. The van der Waals surface area contributed by atoms with Crippen LogP contribution in [0.3, 0.4) is 0 Å². The number of rotatable bonds is 20. The highest BCUT2D eigenvalue weighted by atomic mass is 32.2. The van der Waals surface area contributed by atoms with Gasteiger partial charge in [0.05, 0.1) is 23.4 Å². The van der Waals surface area contributed by atoms with E-state index in [1.165, 1.54) is 0 Å². The second-order valence-electron chi connectivity index (χ2n) is 11.3. The lowest BCUT2D eigenvalue weighted by Gasteiger charge is -2.20. The molecule has 0 saturated heterocycles. The van der Waals surface area contributed by atoms with Gasteiger partial charge in [-0.15, -0.1) is 0 Å². The average Bonchev–Trinajstić information content (AvgIpc) is 3.15. The van der Waals surface area contributed by atoms with Gasteiger partial charge in [0.25, 0.3) is 5.90 Å². The minimum absolute atomic E-state index is 0.0383. The minimum atomic E-state index is -1.73. The van der Waals surface area contributed by atoms with Crippen molar-refractivity contribution >= 4 is 16.9 Å². The van der Waals surface area contributed by atoms with E-state index in [9.17, 15) is 4.21 Å². The van der Waals surface area contributed by atoms with Gasteiger partial charge in [0.15, 0.2) is 18.1 Å². The number of ether oxygens (including phenoxy) is 3. The molecule has 0 spiro atoms. The van der Waals surface area contributed by atoms with Gasteiger partial charge in [0.2, 0.25) is 5.76 Å². The summed E-state index contributed by atoms with van der Waals surface area (Å²) in [7, 11) is -0.151. The molecule has 6 nitrogen and oxygen atoms in total. The predicted octanol–water partition coefficient (Wildman–Crippen LogP) is 12.5. The smallest absolute Gasteiger partial charge is 0.261 e. The Hall–Kier alpha value is -4.80. The molecule has 0 amide bonds. The first-order chi connectivity index (χ1) is 25.4. The van der Waals surface area contributed by atoms with Gasteiger partial charge >= 0.3 is 0 Å². The number of aliphatic imine (C=N–C) groups is 1. The lowest BCUT2D eigenvalue weighted by molar-refractivity contribution is 0.222. The van der Waals surface area contributed by atoms with Crippen LogP contribution in [0.1, 0.15) is 95.9 Å². The highest BCUT2D eigenvalue weighted by Gasteiger charge is 2.22. The minimum Gasteiger partial charge on any atom is -0.493 e. The van der Waals surface area contributed by atoms with Crippen LogP contribution in [0.4, 0.5) is 0 Å². The summed E-state index contributed by atoms with van der Waals surface area (Å²) in [5.41, 5.74) is 4.55. The van der Waals surface area contributed by atoms with Crippen LogP contribution in [0.15, 0.2) is 160 Å². The summed E-state index contributed by atoms with van der Waals surface area (Å²) in [6, 6.07) is 0. The molecule has 53 heavy (non-hydrogen) atoms. The summed E-state index contributed by atoms with van der Waals surface area (Å²) in [4.78, 5) is 5.45. The Labute approximate surface area is 325 Å². The molecule has 0 radical (unpaired) electrons. The summed E-state index contributed by atoms with van der Waals surface area (Å²) in [5.74, 6) is 7.60. The molecular weight excluding hydrogens is 677 g/mol. The van der Waals surface area contributed by atoms with E-state index in [1.807, 2.05) is 116 Å². The molecule has 7 heteroatoms. The highest BCUT2D eigenvalue weighted by Crippen LogP contribution is 2.26. The molecule has 0 aromatic heterocycles. The van der Waals surface area contributed by atoms with Crippen LogP contribution in [0.2, 0.25) is 0 Å². The normalized spacial score (nSPS) is 14.7. The number of nitrogens with zero attached hydrogens (tertiary/aromatic N) is 1. The van der Waals surface area contributed by atoms with Crippen molar-refractivity contribution in [2.24, 2.45) is 10.9 Å². The molecule has 0 aliphatic carbocycles. The van der Waals surface area contributed by atoms with Gasteiger partial charge in [0, 0.05) is 5.57 Å². The molecule has 1 N–H and O–H groups in total. The molecule has 1 atom stereocenters. The maximum Gasteiger partial charge on any atom is 0.261 e. The Kier molecular flexibility index (Phi) is 29.2. The maximum atomic E-state index is 13.6. The van der Waals surface area contributed by atoms with Gasteiger partial charge in [0.1, 0.15) is 11.0 Å². The molecular formula is C46H66N2O4S. The van der Waals surface area contributed by atoms with Crippen molar-refractivity contribution in [1.82, 2.24) is 4.72 Å². The average molecular weight is 743 g/mol. The van der Waals surface area contributed by atoms with Crippen molar-refractivity contribution in [3.8, 4) is 11.8 Å². The zero-order valence-electron chi connectivity index (χ0n) is 34.8. The van der Waals surface area contributed by atoms with Crippen LogP contribution in [0.5, 0.6) is 0 Å². The first-order valence-electron chi connectivity index (χ1n) is 18.2. The Balaban J connectivity index is 0. The van der Waals surface area contributed by atoms with Gasteiger partial charge in [-0.2, -0.15) is 0 Å². The molecule has 290 valence electrons. The molecule has 1 unspecified atom stereocenters. The SMILES string of the molecule is C=CC(=C\C=C/C)/C(/N=C(OCC#CC(=C)/C=C\C=C/C)/C(OC(=C/CC)/C(=C\C)OC)=C(\C)NS(=O)C(=C)/C=C\C(=C/C)C(C)C)=C(/C)CC.CC. The Morgan fingerprint density at radius 3 is 2.11 bits per heavy atom. The standard InChI is InChI=1S/C44H60N2O4S.C2H6/c1-15-22-24-27-34(10)28-25-32-49-44(45-42(35(11)18-4)39(20-6)29-23-16-2)43(50-41(26-17-3)40(21-7)48-14)37(13)46-51(47)36(12)30-31-38(19-5)33(8)9;1-2/h15-16,19-24,26-27,29-31,33,46H,6,10,12,17-18,32H2,1-5,7-9,11,13-14H3;1-2H3/b22-15-,23-16-,27-24-,31-30-,38-19+,39-29+,40-21+,41-26+,42-35+,43-37-,45-44-;. The molecule has 0 heterocycles. The molecule has 0 aliphatic rings. The Morgan fingerprint density at radius 2 is 1.60 bits per heavy atom. The molecule has 0 aromatic rings. The Bertz CT molecular complexity index is 1640. The maximum absolute atomic E-state index is 13.6. The topological polar surface area (TPSA) is 69.2 Å². The monoisotopic (exact) mass is 742 g/mol. The van der Waals surface area contributed by atoms with E-state index in [-0.39, 0.29) is 18.3 Å².